The van der Waals surface area contributed by atoms with E-state index in [0.717, 1.165) is 25.1 Å². The average molecular weight is 241 g/mol. The van der Waals surface area contributed by atoms with Gasteiger partial charge in [-0.1, -0.05) is 31.2 Å². The predicted molar refractivity (Wildman–Crippen MR) is 62.2 cm³/mol. The molecule has 1 N–H and O–H groups in total. The molecule has 1 aromatic carbocycles. The maximum Gasteiger partial charge on any atom is 0.263 e. The minimum atomic E-state index is -2.40. The number of hydrogen-bond acceptors (Lipinski definition) is 2. The fourth-order valence-corrected chi connectivity index (χ4v) is 2.00. The van der Waals surface area contributed by atoms with Crippen molar-refractivity contribution < 1.29 is 13.5 Å². The first-order chi connectivity index (χ1) is 8.20. The van der Waals surface area contributed by atoms with Gasteiger partial charge >= 0.3 is 0 Å². The third-order valence-corrected chi connectivity index (χ3v) is 3.07. The zero-order chi connectivity index (χ0) is 12.3. The van der Waals surface area contributed by atoms with E-state index in [0.29, 0.717) is 0 Å². The van der Waals surface area contributed by atoms with Gasteiger partial charge in [0.25, 0.3) is 6.43 Å². The Morgan fingerprint density at radius 3 is 2.59 bits per heavy atom. The normalized spacial score (nSPS) is 25.2. The SMILES string of the molecule is CCC1CNCC(c2ccc(C(F)F)cc2)O1. The van der Waals surface area contributed by atoms with Gasteiger partial charge in [-0.25, -0.2) is 8.78 Å². The highest BCUT2D eigenvalue weighted by molar-refractivity contribution is 5.25. The van der Waals surface area contributed by atoms with Gasteiger partial charge in [-0.2, -0.15) is 0 Å². The molecule has 1 heterocycles. The summed E-state index contributed by atoms with van der Waals surface area (Å²) in [7, 11) is 0. The molecule has 1 aromatic rings. The van der Waals surface area contributed by atoms with Crippen LogP contribution < -0.4 is 5.32 Å². The summed E-state index contributed by atoms with van der Waals surface area (Å²) in [6.07, 6.45) is -1.26. The third kappa shape index (κ3) is 3.01. The Morgan fingerprint density at radius 2 is 2.00 bits per heavy atom. The smallest absolute Gasteiger partial charge is 0.263 e. The van der Waals surface area contributed by atoms with Crippen LogP contribution in [0.25, 0.3) is 0 Å². The topological polar surface area (TPSA) is 21.3 Å². The molecule has 17 heavy (non-hydrogen) atoms. The third-order valence-electron chi connectivity index (χ3n) is 3.07. The van der Waals surface area contributed by atoms with Crippen LogP contribution in [0.1, 0.15) is 37.0 Å². The summed E-state index contributed by atoms with van der Waals surface area (Å²) >= 11 is 0. The highest BCUT2D eigenvalue weighted by Crippen LogP contribution is 2.25. The molecule has 2 unspecified atom stereocenters. The molecule has 1 aliphatic heterocycles. The van der Waals surface area contributed by atoms with Gasteiger partial charge in [0.2, 0.25) is 0 Å². The minimum absolute atomic E-state index is 0.0274. The van der Waals surface area contributed by atoms with E-state index in [4.69, 9.17) is 4.74 Å². The largest absolute Gasteiger partial charge is 0.368 e. The summed E-state index contributed by atoms with van der Waals surface area (Å²) in [6.45, 7) is 3.68. The lowest BCUT2D eigenvalue weighted by Crippen LogP contribution is -2.40. The van der Waals surface area contributed by atoms with E-state index in [2.05, 4.69) is 12.2 Å². The molecular formula is C13H17F2NO. The predicted octanol–water partition coefficient (Wildman–Crippen LogP) is 3.06. The maximum atomic E-state index is 12.4. The second-order valence-corrected chi connectivity index (χ2v) is 4.28. The van der Waals surface area contributed by atoms with E-state index in [1.165, 1.54) is 12.1 Å². The first-order valence-electron chi connectivity index (χ1n) is 5.95. The molecule has 0 spiro atoms. The zero-order valence-corrected chi connectivity index (χ0v) is 9.83. The number of halogens is 2. The van der Waals surface area contributed by atoms with Crippen molar-refractivity contribution in [1.82, 2.24) is 5.32 Å². The van der Waals surface area contributed by atoms with E-state index in [1.54, 1.807) is 12.1 Å². The highest BCUT2D eigenvalue weighted by Gasteiger charge is 2.22. The van der Waals surface area contributed by atoms with E-state index < -0.39 is 6.43 Å². The quantitative estimate of drug-likeness (QED) is 0.878. The highest BCUT2D eigenvalue weighted by atomic mass is 19.3. The molecule has 0 amide bonds. The monoisotopic (exact) mass is 241 g/mol. The molecule has 0 aliphatic carbocycles. The second-order valence-electron chi connectivity index (χ2n) is 4.28. The Balaban J connectivity index is 2.06. The number of benzene rings is 1. The number of hydrogen-bond donors (Lipinski definition) is 1. The lowest BCUT2D eigenvalue weighted by Gasteiger charge is -2.30. The van der Waals surface area contributed by atoms with Crippen LogP contribution in [-0.4, -0.2) is 19.2 Å². The van der Waals surface area contributed by atoms with Gasteiger partial charge in [-0.05, 0) is 12.0 Å². The number of morpholine rings is 1. The van der Waals surface area contributed by atoms with E-state index >= 15 is 0 Å². The summed E-state index contributed by atoms with van der Waals surface area (Å²) in [5.74, 6) is 0. The van der Waals surface area contributed by atoms with Crippen LogP contribution in [0.5, 0.6) is 0 Å². The van der Waals surface area contributed by atoms with Crippen LogP contribution >= 0.6 is 0 Å². The summed E-state index contributed by atoms with van der Waals surface area (Å²) in [5.41, 5.74) is 1.02. The molecular weight excluding hydrogens is 224 g/mol. The molecule has 2 rings (SSSR count). The molecule has 4 heteroatoms. The molecule has 2 atom stereocenters. The summed E-state index contributed by atoms with van der Waals surface area (Å²) in [6, 6.07) is 6.40. The van der Waals surface area contributed by atoms with Gasteiger partial charge in [0, 0.05) is 18.7 Å². The maximum absolute atomic E-state index is 12.4. The lowest BCUT2D eigenvalue weighted by molar-refractivity contribution is -0.0400. The Morgan fingerprint density at radius 1 is 1.29 bits per heavy atom. The van der Waals surface area contributed by atoms with Gasteiger partial charge < -0.3 is 10.1 Å². The Hall–Kier alpha value is -1.00. The van der Waals surface area contributed by atoms with Crippen LogP contribution in [-0.2, 0) is 4.74 Å². The summed E-state index contributed by atoms with van der Waals surface area (Å²) in [5, 5.41) is 3.30. The van der Waals surface area contributed by atoms with E-state index in [9.17, 15) is 8.78 Å². The van der Waals surface area contributed by atoms with Crippen LogP contribution in [0.2, 0.25) is 0 Å². The van der Waals surface area contributed by atoms with Crippen molar-refractivity contribution in [2.45, 2.75) is 32.0 Å². The summed E-state index contributed by atoms with van der Waals surface area (Å²) < 4.78 is 30.7. The molecule has 0 saturated carbocycles. The second kappa shape index (κ2) is 5.56. The summed E-state index contributed by atoms with van der Waals surface area (Å²) in [4.78, 5) is 0. The molecule has 1 saturated heterocycles. The first kappa shape index (κ1) is 12.5. The molecule has 0 bridgehead atoms. The van der Waals surface area contributed by atoms with Gasteiger partial charge in [0.1, 0.15) is 0 Å². The fourth-order valence-electron chi connectivity index (χ4n) is 2.00. The minimum Gasteiger partial charge on any atom is -0.368 e. The van der Waals surface area contributed by atoms with Crippen LogP contribution in [0.3, 0.4) is 0 Å². The van der Waals surface area contributed by atoms with Gasteiger partial charge in [-0.3, -0.25) is 0 Å². The van der Waals surface area contributed by atoms with Gasteiger partial charge in [-0.15, -0.1) is 0 Å². The van der Waals surface area contributed by atoms with E-state index in [-0.39, 0.29) is 17.8 Å². The number of nitrogens with one attached hydrogen (secondary N) is 1. The average Bonchev–Trinajstić information content (AvgIpc) is 2.39. The molecule has 94 valence electrons. The number of ether oxygens (including phenoxy) is 1. The lowest BCUT2D eigenvalue weighted by atomic mass is 10.0. The van der Waals surface area contributed by atoms with Crippen molar-refractivity contribution in [3.05, 3.63) is 35.4 Å². The number of rotatable bonds is 3. The molecule has 1 fully saturated rings. The van der Waals surface area contributed by atoms with Crippen LogP contribution in [0.15, 0.2) is 24.3 Å². The molecule has 0 aromatic heterocycles. The fraction of sp³-hybridized carbons (Fsp3) is 0.538. The zero-order valence-electron chi connectivity index (χ0n) is 9.83. The van der Waals surface area contributed by atoms with Crippen molar-refractivity contribution in [2.24, 2.45) is 0 Å². The van der Waals surface area contributed by atoms with Crippen molar-refractivity contribution in [2.75, 3.05) is 13.1 Å². The van der Waals surface area contributed by atoms with Crippen molar-refractivity contribution in [3.63, 3.8) is 0 Å². The van der Waals surface area contributed by atoms with Gasteiger partial charge in [0.15, 0.2) is 0 Å². The van der Waals surface area contributed by atoms with Crippen LogP contribution in [0, 0.1) is 0 Å². The van der Waals surface area contributed by atoms with Crippen molar-refractivity contribution >= 4 is 0 Å². The van der Waals surface area contributed by atoms with E-state index in [1.807, 2.05) is 0 Å². The van der Waals surface area contributed by atoms with Crippen molar-refractivity contribution in [1.29, 1.82) is 0 Å². The molecule has 2 nitrogen and oxygen atoms in total. The number of alkyl halides is 2. The Bertz CT molecular complexity index is 353. The molecule has 0 radical (unpaired) electrons. The van der Waals surface area contributed by atoms with Gasteiger partial charge in [0.05, 0.1) is 12.2 Å². The van der Waals surface area contributed by atoms with Crippen molar-refractivity contribution in [3.8, 4) is 0 Å². The van der Waals surface area contributed by atoms with Crippen LogP contribution in [0.4, 0.5) is 8.78 Å². The molecule has 1 aliphatic rings. The first-order valence-corrected chi connectivity index (χ1v) is 5.95. The standard InChI is InChI=1S/C13H17F2NO/c1-2-11-7-16-8-12(17-11)9-3-5-10(6-4-9)13(14)15/h3-6,11-13,16H,2,7-8H2,1H3. The Labute approximate surface area is 100.0 Å². The Kier molecular flexibility index (Phi) is 4.07.